The Kier molecular flexibility index (Phi) is 8.21. The SMILES string of the molecule is CSCCCCCCNS(=O)(=O)c1ccccc1CO. The maximum Gasteiger partial charge on any atom is 0.240 e. The molecule has 0 unspecified atom stereocenters. The normalized spacial score (nSPS) is 11.7. The molecule has 0 radical (unpaired) electrons. The molecular weight excluding hydrogens is 294 g/mol. The molecule has 0 amide bonds. The van der Waals surface area contributed by atoms with Gasteiger partial charge in [0.05, 0.1) is 11.5 Å². The minimum atomic E-state index is -3.51. The summed E-state index contributed by atoms with van der Waals surface area (Å²) >= 11 is 1.84. The number of hydrogen-bond acceptors (Lipinski definition) is 4. The smallest absolute Gasteiger partial charge is 0.240 e. The van der Waals surface area contributed by atoms with Crippen molar-refractivity contribution in [2.24, 2.45) is 0 Å². The van der Waals surface area contributed by atoms with Gasteiger partial charge < -0.3 is 5.11 Å². The molecule has 0 atom stereocenters. The summed E-state index contributed by atoms with van der Waals surface area (Å²) < 4.78 is 26.8. The minimum Gasteiger partial charge on any atom is -0.392 e. The van der Waals surface area contributed by atoms with Crippen LogP contribution in [0.15, 0.2) is 29.2 Å². The molecule has 20 heavy (non-hydrogen) atoms. The van der Waals surface area contributed by atoms with Gasteiger partial charge in [0.15, 0.2) is 0 Å². The molecule has 2 N–H and O–H groups in total. The Hall–Kier alpha value is -0.560. The van der Waals surface area contributed by atoms with E-state index in [1.54, 1.807) is 18.2 Å². The third-order valence-electron chi connectivity index (χ3n) is 3.00. The topological polar surface area (TPSA) is 66.4 Å². The number of thioether (sulfide) groups is 1. The van der Waals surface area contributed by atoms with Crippen molar-refractivity contribution >= 4 is 21.8 Å². The summed E-state index contributed by atoms with van der Waals surface area (Å²) in [6.07, 6.45) is 6.28. The largest absolute Gasteiger partial charge is 0.392 e. The summed E-state index contributed by atoms with van der Waals surface area (Å²) in [4.78, 5) is 0.171. The standard InChI is InChI=1S/C14H23NO3S2/c1-19-11-7-3-2-6-10-15-20(17,18)14-9-5-4-8-13(14)12-16/h4-5,8-9,15-16H,2-3,6-7,10-12H2,1H3. The molecule has 6 heteroatoms. The first-order valence-electron chi connectivity index (χ1n) is 6.79. The lowest BCUT2D eigenvalue weighted by molar-refractivity contribution is 0.278. The minimum absolute atomic E-state index is 0.171. The molecule has 114 valence electrons. The van der Waals surface area contributed by atoms with Crippen molar-refractivity contribution in [2.75, 3.05) is 18.6 Å². The molecule has 4 nitrogen and oxygen atoms in total. The van der Waals surface area contributed by atoms with Gasteiger partial charge in [0.1, 0.15) is 0 Å². The van der Waals surface area contributed by atoms with Gasteiger partial charge in [-0.25, -0.2) is 13.1 Å². The molecule has 1 rings (SSSR count). The Morgan fingerprint density at radius 2 is 1.85 bits per heavy atom. The second-order valence-electron chi connectivity index (χ2n) is 4.57. The number of sulfonamides is 1. The molecule has 0 aliphatic heterocycles. The monoisotopic (exact) mass is 317 g/mol. The molecule has 0 saturated carbocycles. The van der Waals surface area contributed by atoms with Crippen LogP contribution in [0.3, 0.4) is 0 Å². The summed E-state index contributed by atoms with van der Waals surface area (Å²) in [7, 11) is -3.51. The van der Waals surface area contributed by atoms with Crippen LogP contribution < -0.4 is 4.72 Å². The molecule has 0 aliphatic rings. The number of aliphatic hydroxyl groups excluding tert-OH is 1. The zero-order valence-corrected chi connectivity index (χ0v) is 13.5. The van der Waals surface area contributed by atoms with Gasteiger partial charge in [0, 0.05) is 6.54 Å². The Morgan fingerprint density at radius 3 is 2.55 bits per heavy atom. The Labute approximate surface area is 126 Å². The van der Waals surface area contributed by atoms with E-state index in [2.05, 4.69) is 11.0 Å². The van der Waals surface area contributed by atoms with Crippen LogP contribution in [0.2, 0.25) is 0 Å². The van der Waals surface area contributed by atoms with E-state index in [1.807, 2.05) is 11.8 Å². The average Bonchev–Trinajstić information content (AvgIpc) is 2.46. The first kappa shape index (κ1) is 17.5. The maximum absolute atomic E-state index is 12.1. The van der Waals surface area contributed by atoms with Crippen molar-refractivity contribution in [3.8, 4) is 0 Å². The highest BCUT2D eigenvalue weighted by atomic mass is 32.2. The van der Waals surface area contributed by atoms with Crippen molar-refractivity contribution in [2.45, 2.75) is 37.2 Å². The highest BCUT2D eigenvalue weighted by Crippen LogP contribution is 2.15. The lowest BCUT2D eigenvalue weighted by Crippen LogP contribution is -2.25. The number of unbranched alkanes of at least 4 members (excludes halogenated alkanes) is 3. The summed E-state index contributed by atoms with van der Waals surface area (Å²) in [6.45, 7) is 0.174. The predicted octanol–water partition coefficient (Wildman–Crippen LogP) is 2.38. The van der Waals surface area contributed by atoms with E-state index in [1.165, 1.54) is 12.5 Å². The third-order valence-corrected chi connectivity index (χ3v) is 5.26. The van der Waals surface area contributed by atoms with Gasteiger partial charge in [0.25, 0.3) is 0 Å². The summed E-state index contributed by atoms with van der Waals surface area (Å²) in [6, 6.07) is 6.52. The van der Waals surface area contributed by atoms with Gasteiger partial charge >= 0.3 is 0 Å². The fraction of sp³-hybridized carbons (Fsp3) is 0.571. The van der Waals surface area contributed by atoms with E-state index in [0.717, 1.165) is 25.0 Å². The van der Waals surface area contributed by atoms with E-state index < -0.39 is 10.0 Å². The fourth-order valence-corrected chi connectivity index (χ4v) is 3.70. The Morgan fingerprint density at radius 1 is 1.15 bits per heavy atom. The lowest BCUT2D eigenvalue weighted by atomic mass is 10.2. The highest BCUT2D eigenvalue weighted by molar-refractivity contribution is 7.98. The van der Waals surface area contributed by atoms with E-state index >= 15 is 0 Å². The zero-order chi connectivity index (χ0) is 14.8. The van der Waals surface area contributed by atoms with Crippen LogP contribution >= 0.6 is 11.8 Å². The van der Waals surface area contributed by atoms with E-state index in [4.69, 9.17) is 0 Å². The third kappa shape index (κ3) is 5.83. The van der Waals surface area contributed by atoms with Crippen molar-refractivity contribution in [1.82, 2.24) is 4.72 Å². The second-order valence-corrected chi connectivity index (χ2v) is 7.29. The van der Waals surface area contributed by atoms with Crippen LogP contribution in [0.25, 0.3) is 0 Å². The molecule has 0 spiro atoms. The molecule has 0 saturated heterocycles. The summed E-state index contributed by atoms with van der Waals surface area (Å²) in [5.41, 5.74) is 0.431. The van der Waals surface area contributed by atoms with E-state index in [9.17, 15) is 13.5 Å². The average molecular weight is 317 g/mol. The number of nitrogens with one attached hydrogen (secondary N) is 1. The van der Waals surface area contributed by atoms with Gasteiger partial charge in [-0.2, -0.15) is 11.8 Å². The number of rotatable bonds is 10. The number of aliphatic hydroxyl groups is 1. The van der Waals surface area contributed by atoms with E-state index in [0.29, 0.717) is 12.1 Å². The predicted molar refractivity (Wildman–Crippen MR) is 84.4 cm³/mol. The first-order chi connectivity index (χ1) is 9.61. The Bertz CT molecular complexity index is 489. The fourth-order valence-electron chi connectivity index (χ4n) is 1.91. The maximum atomic E-state index is 12.1. The van der Waals surface area contributed by atoms with Crippen molar-refractivity contribution < 1.29 is 13.5 Å². The highest BCUT2D eigenvalue weighted by Gasteiger charge is 2.16. The number of benzene rings is 1. The Balaban J connectivity index is 2.42. The second kappa shape index (κ2) is 9.39. The molecule has 0 aliphatic carbocycles. The molecule has 0 fully saturated rings. The zero-order valence-electron chi connectivity index (χ0n) is 11.8. The van der Waals surface area contributed by atoms with Gasteiger partial charge in [0.2, 0.25) is 10.0 Å². The molecular formula is C14H23NO3S2. The van der Waals surface area contributed by atoms with Crippen LogP contribution in [-0.2, 0) is 16.6 Å². The molecule has 0 heterocycles. The molecule has 0 aromatic heterocycles. The van der Waals surface area contributed by atoms with Gasteiger partial charge in [-0.3, -0.25) is 0 Å². The molecule has 0 bridgehead atoms. The van der Waals surface area contributed by atoms with Gasteiger partial charge in [-0.05, 0) is 36.5 Å². The van der Waals surface area contributed by atoms with Crippen molar-refractivity contribution in [1.29, 1.82) is 0 Å². The summed E-state index contributed by atoms with van der Waals surface area (Å²) in [5.74, 6) is 1.16. The molecule has 1 aromatic carbocycles. The van der Waals surface area contributed by atoms with Crippen LogP contribution in [-0.4, -0.2) is 32.1 Å². The summed E-state index contributed by atoms with van der Waals surface area (Å²) in [5, 5.41) is 9.18. The first-order valence-corrected chi connectivity index (χ1v) is 9.67. The quantitative estimate of drug-likeness (QED) is 0.650. The lowest BCUT2D eigenvalue weighted by Gasteiger charge is -2.10. The van der Waals surface area contributed by atoms with Gasteiger partial charge in [-0.1, -0.05) is 31.0 Å². The molecule has 1 aromatic rings. The van der Waals surface area contributed by atoms with Crippen LogP contribution in [0, 0.1) is 0 Å². The van der Waals surface area contributed by atoms with Gasteiger partial charge in [-0.15, -0.1) is 0 Å². The van der Waals surface area contributed by atoms with Crippen LogP contribution in [0.1, 0.15) is 31.2 Å². The van der Waals surface area contributed by atoms with Crippen LogP contribution in [0.4, 0.5) is 0 Å². The van der Waals surface area contributed by atoms with Crippen molar-refractivity contribution in [3.05, 3.63) is 29.8 Å². The van der Waals surface area contributed by atoms with Crippen LogP contribution in [0.5, 0.6) is 0 Å². The van der Waals surface area contributed by atoms with Crippen molar-refractivity contribution in [3.63, 3.8) is 0 Å². The van der Waals surface area contributed by atoms with E-state index in [-0.39, 0.29) is 11.5 Å². The number of hydrogen-bond donors (Lipinski definition) is 2.